The molecule has 0 radical (unpaired) electrons. The van der Waals surface area contributed by atoms with E-state index in [1.165, 1.54) is 9.80 Å². The van der Waals surface area contributed by atoms with Gasteiger partial charge in [0.1, 0.15) is 30.2 Å². The number of guanidine groups is 3. The summed E-state index contributed by atoms with van der Waals surface area (Å²) in [4.78, 5) is 107. The Morgan fingerprint density at radius 1 is 0.644 bits per heavy atom. The predicted octanol–water partition coefficient (Wildman–Crippen LogP) is -5.46. The van der Waals surface area contributed by atoms with Crippen LogP contribution in [0, 0.1) is 0 Å². The van der Waals surface area contributed by atoms with Gasteiger partial charge in [0.25, 0.3) is 0 Å². The molecular weight excluding hydrogens is 772 g/mol. The minimum absolute atomic E-state index is 0.0225. The van der Waals surface area contributed by atoms with Gasteiger partial charge >= 0.3 is 5.97 Å². The number of likely N-dealkylation sites (tertiary alicyclic amines) is 2. The van der Waals surface area contributed by atoms with E-state index in [0.29, 0.717) is 45.1 Å². The van der Waals surface area contributed by atoms with Gasteiger partial charge in [-0.05, 0) is 83.6 Å². The number of hydrogen-bond acceptors (Lipinski definition) is 11. The highest BCUT2D eigenvalue weighted by Gasteiger charge is 2.44. The number of aliphatic carboxylic acids is 1. The average molecular weight is 835 g/mol. The van der Waals surface area contributed by atoms with Crippen molar-refractivity contribution in [1.29, 1.82) is 0 Å². The van der Waals surface area contributed by atoms with Crippen molar-refractivity contribution in [3.63, 3.8) is 0 Å². The number of aliphatic imine (C=N–C) groups is 3. The van der Waals surface area contributed by atoms with E-state index in [2.05, 4.69) is 41.6 Å². The lowest BCUT2D eigenvalue weighted by Crippen LogP contribution is -2.58. The Kier molecular flexibility index (Phi) is 19.4. The monoisotopic (exact) mass is 834 g/mol. The molecule has 59 heavy (non-hydrogen) atoms. The second kappa shape index (κ2) is 24.1. The van der Waals surface area contributed by atoms with Crippen LogP contribution in [0.15, 0.2) is 15.0 Å². The van der Waals surface area contributed by atoms with E-state index >= 15 is 0 Å². The van der Waals surface area contributed by atoms with Gasteiger partial charge < -0.3 is 75.9 Å². The molecule has 3 aliphatic rings. The van der Waals surface area contributed by atoms with E-state index in [4.69, 9.17) is 34.4 Å². The maximum Gasteiger partial charge on any atom is 0.326 e. The number of carboxylic acids is 1. The van der Waals surface area contributed by atoms with E-state index < -0.39 is 78.3 Å². The van der Waals surface area contributed by atoms with Crippen LogP contribution in [0.2, 0.25) is 0 Å². The third-order valence-electron chi connectivity index (χ3n) is 10.2. The standard InChI is InChI=1S/C35H62N16O8/c36-33(37)43-14-2-8-21(27(53)46-19-26(52)47-23(32(58)59)10-4-16-45-35(40)41)48-29(55)24-11-5-17-50(24)31(57)25-12-6-18-51(25)30(56)22(9-3-15-44-34(38)39)49-28(54)20-7-1-13-42-20/h20-25,42H,1-19H2,(H,46,53)(H,47,52)(H,48,55)(H,49,54)(H,58,59)(H4,36,37,43)(H4,38,39,44)(H4,40,41,45)/t20-,21-,22-,23-,24-,25-/m0/s1. The molecule has 330 valence electrons. The number of nitrogens with zero attached hydrogens (tertiary/aromatic N) is 5. The van der Waals surface area contributed by atoms with Crippen LogP contribution in [0.25, 0.3) is 0 Å². The normalized spacial score (nSPS) is 20.0. The predicted molar refractivity (Wildman–Crippen MR) is 217 cm³/mol. The first-order valence-corrected chi connectivity index (χ1v) is 20.0. The van der Waals surface area contributed by atoms with E-state index in [9.17, 15) is 38.7 Å². The van der Waals surface area contributed by atoms with Gasteiger partial charge in [0.05, 0.1) is 12.6 Å². The number of nitrogens with two attached hydrogens (primary N) is 6. The minimum atomic E-state index is -1.29. The Balaban J connectivity index is 1.68. The summed E-state index contributed by atoms with van der Waals surface area (Å²) in [7, 11) is 0. The van der Waals surface area contributed by atoms with Gasteiger partial charge in [-0.1, -0.05) is 0 Å². The zero-order chi connectivity index (χ0) is 43.5. The van der Waals surface area contributed by atoms with Crippen molar-refractivity contribution in [3.05, 3.63) is 0 Å². The van der Waals surface area contributed by atoms with Gasteiger partial charge in [0.15, 0.2) is 17.9 Å². The van der Waals surface area contributed by atoms with Crippen LogP contribution in [-0.4, -0.2) is 156 Å². The summed E-state index contributed by atoms with van der Waals surface area (Å²) in [5, 5.41) is 23.0. The van der Waals surface area contributed by atoms with Crippen molar-refractivity contribution in [1.82, 2.24) is 36.4 Å². The van der Waals surface area contributed by atoms with Gasteiger partial charge in [-0.15, -0.1) is 0 Å². The highest BCUT2D eigenvalue weighted by atomic mass is 16.4. The van der Waals surface area contributed by atoms with Gasteiger partial charge in [-0.3, -0.25) is 43.7 Å². The van der Waals surface area contributed by atoms with E-state index in [0.717, 1.165) is 6.42 Å². The molecule has 24 heteroatoms. The van der Waals surface area contributed by atoms with Crippen LogP contribution in [0.1, 0.15) is 77.0 Å². The zero-order valence-electron chi connectivity index (χ0n) is 33.4. The molecular formula is C35H62N16O8. The Labute approximate surface area is 342 Å². The second-order valence-electron chi connectivity index (χ2n) is 14.7. The number of hydrogen-bond donors (Lipinski definition) is 12. The molecule has 6 atom stereocenters. The number of carbonyl (C=O) groups excluding carboxylic acids is 6. The summed E-state index contributed by atoms with van der Waals surface area (Å²) in [6.45, 7) is 1.14. The van der Waals surface area contributed by atoms with E-state index in [-0.39, 0.29) is 88.6 Å². The topological polar surface area (TPSA) is 400 Å². The van der Waals surface area contributed by atoms with Gasteiger partial charge in [0.2, 0.25) is 35.4 Å². The molecule has 3 saturated heterocycles. The minimum Gasteiger partial charge on any atom is -0.480 e. The van der Waals surface area contributed by atoms with E-state index in [1.807, 2.05) is 0 Å². The molecule has 24 nitrogen and oxygen atoms in total. The molecule has 18 N–H and O–H groups in total. The zero-order valence-corrected chi connectivity index (χ0v) is 33.4. The molecule has 3 rings (SSSR count). The Morgan fingerprint density at radius 3 is 1.71 bits per heavy atom. The molecule has 0 aromatic rings. The van der Waals surface area contributed by atoms with Crippen LogP contribution >= 0.6 is 0 Å². The van der Waals surface area contributed by atoms with Crippen LogP contribution in [-0.2, 0) is 33.6 Å². The first-order chi connectivity index (χ1) is 28.1. The first kappa shape index (κ1) is 47.4. The van der Waals surface area contributed by atoms with Crippen molar-refractivity contribution in [2.24, 2.45) is 49.4 Å². The average Bonchev–Trinajstić information content (AvgIpc) is 3.99. The second-order valence-corrected chi connectivity index (χ2v) is 14.7. The van der Waals surface area contributed by atoms with Gasteiger partial charge in [0, 0.05) is 32.7 Å². The Hall–Kier alpha value is -5.94. The fourth-order valence-corrected chi connectivity index (χ4v) is 7.26. The van der Waals surface area contributed by atoms with Crippen molar-refractivity contribution in [2.75, 3.05) is 45.8 Å². The molecule has 3 heterocycles. The highest BCUT2D eigenvalue weighted by Crippen LogP contribution is 2.26. The quantitative estimate of drug-likeness (QED) is 0.0260. The largest absolute Gasteiger partial charge is 0.480 e. The van der Waals surface area contributed by atoms with Crippen LogP contribution in [0.5, 0.6) is 0 Å². The van der Waals surface area contributed by atoms with Crippen LogP contribution in [0.4, 0.5) is 0 Å². The third kappa shape index (κ3) is 15.7. The molecule has 3 aliphatic heterocycles. The number of carboxylic acid groups (broad SMARTS) is 1. The Morgan fingerprint density at radius 2 is 1.17 bits per heavy atom. The summed E-state index contributed by atoms with van der Waals surface area (Å²) in [6, 6.07) is -5.66. The Bertz CT molecular complexity index is 1570. The maximum atomic E-state index is 14.2. The van der Waals surface area contributed by atoms with Crippen molar-refractivity contribution >= 4 is 59.3 Å². The third-order valence-corrected chi connectivity index (χ3v) is 10.2. The lowest BCUT2D eigenvalue weighted by Gasteiger charge is -2.33. The van der Waals surface area contributed by atoms with E-state index in [1.54, 1.807) is 0 Å². The molecule has 0 bridgehead atoms. The first-order valence-electron chi connectivity index (χ1n) is 20.0. The molecule has 0 spiro atoms. The fraction of sp³-hybridized carbons (Fsp3) is 0.714. The number of nitrogens with one attached hydrogen (secondary N) is 5. The lowest BCUT2D eigenvalue weighted by molar-refractivity contribution is -0.148. The van der Waals surface area contributed by atoms with Crippen molar-refractivity contribution in [3.8, 4) is 0 Å². The summed E-state index contributed by atoms with van der Waals surface area (Å²) in [5.41, 5.74) is 32.3. The van der Waals surface area contributed by atoms with Crippen molar-refractivity contribution < 1.29 is 38.7 Å². The maximum absolute atomic E-state index is 14.2. The SMILES string of the molecule is NC(N)=NCCC[C@H](NC(=O)CNC(=O)[C@H](CCCN=C(N)N)NC(=O)[C@@H]1CCCN1C(=O)[C@@H]1CCCN1C(=O)[C@H](CCCN=C(N)N)NC(=O)[C@@H]1CCCN1)C(=O)O. The fourth-order valence-electron chi connectivity index (χ4n) is 7.26. The molecule has 0 saturated carbocycles. The number of carbonyl (C=O) groups is 7. The molecule has 0 aromatic heterocycles. The summed E-state index contributed by atoms with van der Waals surface area (Å²) in [5.74, 6) is -4.98. The smallest absolute Gasteiger partial charge is 0.326 e. The number of rotatable bonds is 23. The highest BCUT2D eigenvalue weighted by molar-refractivity contribution is 5.97. The van der Waals surface area contributed by atoms with Crippen LogP contribution < -0.4 is 61.0 Å². The molecule has 0 aromatic carbocycles. The summed E-state index contributed by atoms with van der Waals surface area (Å²) >= 11 is 0. The molecule has 3 fully saturated rings. The molecule has 6 amide bonds. The number of amides is 6. The van der Waals surface area contributed by atoms with Gasteiger partial charge in [-0.25, -0.2) is 4.79 Å². The summed E-state index contributed by atoms with van der Waals surface area (Å²) < 4.78 is 0. The van der Waals surface area contributed by atoms with Crippen molar-refractivity contribution in [2.45, 2.75) is 113 Å². The molecule has 0 unspecified atom stereocenters. The van der Waals surface area contributed by atoms with Gasteiger partial charge in [-0.2, -0.15) is 0 Å². The lowest BCUT2D eigenvalue weighted by atomic mass is 10.1. The summed E-state index contributed by atoms with van der Waals surface area (Å²) in [6.07, 6.45) is 4.34. The van der Waals surface area contributed by atoms with Crippen LogP contribution in [0.3, 0.4) is 0 Å². The molecule has 0 aliphatic carbocycles.